The molecule has 0 bridgehead atoms. The van der Waals surface area contributed by atoms with E-state index < -0.39 is 0 Å². The summed E-state index contributed by atoms with van der Waals surface area (Å²) < 4.78 is 0. The smallest absolute Gasteiger partial charge is 0 e. The van der Waals surface area contributed by atoms with Crippen LogP contribution in [0.5, 0.6) is 0 Å². The minimum Gasteiger partial charge on any atom is 0 e. The van der Waals surface area contributed by atoms with E-state index in [1.54, 1.807) is 0 Å². The Morgan fingerprint density at radius 1 is 0.750 bits per heavy atom. The van der Waals surface area contributed by atoms with Crippen molar-refractivity contribution in [3.05, 3.63) is 0 Å². The second-order valence-corrected chi connectivity index (χ2v) is 0. The third-order valence-corrected chi connectivity index (χ3v) is 0. The third-order valence-electron chi connectivity index (χ3n) is 0. The van der Waals surface area contributed by atoms with Crippen LogP contribution in [0.2, 0.25) is 0 Å². The Morgan fingerprint density at radius 3 is 0.750 bits per heavy atom. The van der Waals surface area contributed by atoms with Gasteiger partial charge in [0.1, 0.15) is 0 Å². The van der Waals surface area contributed by atoms with E-state index in [0.717, 1.165) is 0 Å². The maximum atomic E-state index is 0. The quantitative estimate of drug-likeness (QED) is 0.550. The van der Waals surface area contributed by atoms with Gasteiger partial charge in [-0.2, -0.15) is 0 Å². The number of hydrogen-bond acceptors (Lipinski definition) is 0. The molecule has 0 spiro atoms. The molecule has 4 heavy (non-hydrogen) atoms. The molecule has 0 atom stereocenters. The first kappa shape index (κ1) is 34.1. The molecule has 0 amide bonds. The van der Waals surface area contributed by atoms with Gasteiger partial charge in [-0.25, -0.2) is 0 Å². The van der Waals surface area contributed by atoms with Crippen molar-refractivity contribution in [1.82, 2.24) is 0 Å². The minimum absolute atomic E-state index is 0. The van der Waals surface area contributed by atoms with Gasteiger partial charge in [0, 0.05) is 72.4 Å². The van der Waals surface area contributed by atoms with Gasteiger partial charge in [0.05, 0.1) is 0 Å². The van der Waals surface area contributed by atoms with Crippen molar-refractivity contribution in [1.29, 1.82) is 0 Å². The molecule has 2 radical (unpaired) electrons. The van der Waals surface area contributed by atoms with Gasteiger partial charge < -0.3 is 0 Å². The Bertz CT molecular complexity index is 6.00. The normalized spacial score (nSPS) is 0. The first-order valence-corrected chi connectivity index (χ1v) is 0. The average Bonchev–Trinajstić information content (AvgIpc) is 0. The van der Waals surface area contributed by atoms with Gasteiger partial charge >= 0.3 is 0 Å². The summed E-state index contributed by atoms with van der Waals surface area (Å²) in [6.07, 6.45) is 0. The summed E-state index contributed by atoms with van der Waals surface area (Å²) in [6.45, 7) is 0. The molecule has 4 heteroatoms. The zero-order valence-electron chi connectivity index (χ0n) is 1.24. The third kappa shape index (κ3) is 8.87. The standard InChI is InChI=1S/Ag.Cu.2Ni. The van der Waals surface area contributed by atoms with Crippen LogP contribution < -0.4 is 0 Å². The summed E-state index contributed by atoms with van der Waals surface area (Å²) in [5, 5.41) is 0. The molecular formula is AgCuNi2. The zero-order chi connectivity index (χ0) is 0. The molecule has 0 N–H and O–H groups in total. The molecule has 0 unspecified atom stereocenters. The van der Waals surface area contributed by atoms with Crippen LogP contribution in [-0.2, 0) is 72.4 Å². The second kappa shape index (κ2) is 18.7. The molecular weight excluding hydrogens is 289 g/mol. The van der Waals surface area contributed by atoms with E-state index in [1.165, 1.54) is 0 Å². The van der Waals surface area contributed by atoms with E-state index >= 15 is 0 Å². The summed E-state index contributed by atoms with van der Waals surface area (Å²) in [7, 11) is 0. The number of rotatable bonds is 0. The van der Waals surface area contributed by atoms with Gasteiger partial charge in [-0.3, -0.25) is 0 Å². The predicted molar refractivity (Wildman–Crippen MR) is 0 cm³/mol. The van der Waals surface area contributed by atoms with Crippen LogP contribution in [0.1, 0.15) is 0 Å². The fraction of sp³-hybridized carbons (Fsp3) is 0. The van der Waals surface area contributed by atoms with Crippen LogP contribution in [0.15, 0.2) is 0 Å². The fourth-order valence-corrected chi connectivity index (χ4v) is 0. The van der Waals surface area contributed by atoms with E-state index in [9.17, 15) is 0 Å². The summed E-state index contributed by atoms with van der Waals surface area (Å²) in [4.78, 5) is 0. The van der Waals surface area contributed by atoms with Crippen LogP contribution in [0.4, 0.5) is 0 Å². The Morgan fingerprint density at radius 2 is 0.750 bits per heavy atom. The summed E-state index contributed by atoms with van der Waals surface area (Å²) in [5.74, 6) is 0. The van der Waals surface area contributed by atoms with E-state index in [4.69, 9.17) is 0 Å². The van der Waals surface area contributed by atoms with Gasteiger partial charge in [-0.15, -0.1) is 0 Å². The van der Waals surface area contributed by atoms with E-state index in [1.807, 2.05) is 0 Å². The van der Waals surface area contributed by atoms with Crippen LogP contribution in [-0.4, -0.2) is 0 Å². The van der Waals surface area contributed by atoms with Crippen LogP contribution in [0.3, 0.4) is 0 Å². The second-order valence-electron chi connectivity index (χ2n) is 0. The molecule has 42 valence electrons. The van der Waals surface area contributed by atoms with Crippen molar-refractivity contribution >= 4 is 0 Å². The minimum atomic E-state index is 0. The summed E-state index contributed by atoms with van der Waals surface area (Å²) in [5.41, 5.74) is 0. The summed E-state index contributed by atoms with van der Waals surface area (Å²) in [6, 6.07) is 0. The number of hydrogen-bond donors (Lipinski definition) is 0. The molecule has 0 fully saturated rings. The molecule has 0 aromatic heterocycles. The van der Waals surface area contributed by atoms with Gasteiger partial charge in [-0.1, -0.05) is 0 Å². The topological polar surface area (TPSA) is 0 Å². The zero-order valence-corrected chi connectivity index (χ0v) is 5.63. The molecule has 0 aromatic rings. The molecule has 0 aliphatic carbocycles. The first-order chi connectivity index (χ1) is 0. The average molecular weight is 289 g/mol. The summed E-state index contributed by atoms with van der Waals surface area (Å²) >= 11 is 0. The SMILES string of the molecule is [Ag].[Cu].[Ni].[Ni]. The molecule has 0 saturated heterocycles. The van der Waals surface area contributed by atoms with Gasteiger partial charge in [0.25, 0.3) is 0 Å². The van der Waals surface area contributed by atoms with E-state index in [2.05, 4.69) is 0 Å². The molecule has 0 aromatic carbocycles. The Hall–Kier alpha value is 2.25. The van der Waals surface area contributed by atoms with Gasteiger partial charge in [0.2, 0.25) is 0 Å². The molecule has 0 nitrogen and oxygen atoms in total. The molecule has 0 aliphatic heterocycles. The van der Waals surface area contributed by atoms with E-state index in [-0.39, 0.29) is 72.4 Å². The van der Waals surface area contributed by atoms with Crippen molar-refractivity contribution in [2.45, 2.75) is 0 Å². The monoisotopic (exact) mass is 286 g/mol. The maximum absolute atomic E-state index is 0. The Labute approximate surface area is 71.7 Å². The van der Waals surface area contributed by atoms with Gasteiger partial charge in [-0.05, 0) is 0 Å². The van der Waals surface area contributed by atoms with E-state index in [0.29, 0.717) is 0 Å². The van der Waals surface area contributed by atoms with Crippen molar-refractivity contribution in [2.24, 2.45) is 0 Å². The largest absolute Gasteiger partial charge is 0 e. The van der Waals surface area contributed by atoms with Crippen LogP contribution in [0, 0.1) is 0 Å². The first-order valence-electron chi connectivity index (χ1n) is 0. The Balaban J connectivity index is 0. The van der Waals surface area contributed by atoms with Crippen LogP contribution >= 0.6 is 0 Å². The molecule has 0 heterocycles. The van der Waals surface area contributed by atoms with Crippen molar-refractivity contribution in [2.75, 3.05) is 0 Å². The Kier molecular flexibility index (Phi) is 160. The molecule has 0 rings (SSSR count). The van der Waals surface area contributed by atoms with Crippen molar-refractivity contribution < 1.29 is 72.4 Å². The van der Waals surface area contributed by atoms with Crippen molar-refractivity contribution in [3.8, 4) is 0 Å². The van der Waals surface area contributed by atoms with Crippen LogP contribution in [0.25, 0.3) is 0 Å². The van der Waals surface area contributed by atoms with Crippen molar-refractivity contribution in [3.63, 3.8) is 0 Å². The molecule has 0 aliphatic rings. The molecule has 0 saturated carbocycles. The van der Waals surface area contributed by atoms with Gasteiger partial charge in [0.15, 0.2) is 0 Å². The fourth-order valence-electron chi connectivity index (χ4n) is 0. The predicted octanol–water partition coefficient (Wildman–Crippen LogP) is -0.0100. The maximum Gasteiger partial charge on any atom is 0 e.